The Morgan fingerprint density at radius 3 is 2.63 bits per heavy atom. The third kappa shape index (κ3) is 3.01. The number of aliphatic hydroxyl groups is 1. The van der Waals surface area contributed by atoms with Gasteiger partial charge >= 0.3 is 0 Å². The van der Waals surface area contributed by atoms with Crippen molar-refractivity contribution in [3.8, 4) is 0 Å². The van der Waals surface area contributed by atoms with Crippen molar-refractivity contribution in [2.45, 2.75) is 25.4 Å². The maximum atomic E-state index is 9.99. The van der Waals surface area contributed by atoms with Gasteiger partial charge in [0.05, 0.1) is 11.2 Å². The van der Waals surface area contributed by atoms with Crippen molar-refractivity contribution in [3.05, 3.63) is 28.2 Å². The van der Waals surface area contributed by atoms with Crippen molar-refractivity contribution in [2.75, 3.05) is 18.0 Å². The summed E-state index contributed by atoms with van der Waals surface area (Å²) in [6.07, 6.45) is 1.41. The molecular weight excluding hydrogens is 310 g/mol. The van der Waals surface area contributed by atoms with Crippen LogP contribution in [0.1, 0.15) is 25.3 Å². The summed E-state index contributed by atoms with van der Waals surface area (Å²) in [5.41, 5.74) is 6.76. The minimum atomic E-state index is -0.598. The van der Waals surface area contributed by atoms with E-state index in [1.807, 2.05) is 25.1 Å². The predicted molar refractivity (Wildman–Crippen MR) is 78.7 cm³/mol. The van der Waals surface area contributed by atoms with Crippen LogP contribution in [0.4, 0.5) is 5.69 Å². The van der Waals surface area contributed by atoms with Crippen molar-refractivity contribution in [3.63, 3.8) is 0 Å². The van der Waals surface area contributed by atoms with Crippen LogP contribution in [0.3, 0.4) is 0 Å². The van der Waals surface area contributed by atoms with Gasteiger partial charge in [-0.25, -0.2) is 0 Å². The summed E-state index contributed by atoms with van der Waals surface area (Å²) >= 11 is 3.43. The summed E-state index contributed by atoms with van der Waals surface area (Å²) in [5, 5.41) is 22.0. The predicted octanol–water partition coefficient (Wildman–Crippen LogP) is 1.89. The number of nitrogens with two attached hydrogens (primary N) is 1. The van der Waals surface area contributed by atoms with Gasteiger partial charge in [0, 0.05) is 23.2 Å². The van der Waals surface area contributed by atoms with E-state index in [-0.39, 0.29) is 5.84 Å². The molecule has 2 rings (SSSR count). The number of hydrogen-bond acceptors (Lipinski definition) is 4. The Hall–Kier alpha value is -1.27. The molecular formula is C13H18BrN3O2. The topological polar surface area (TPSA) is 82.1 Å². The van der Waals surface area contributed by atoms with Crippen LogP contribution in [-0.2, 0) is 0 Å². The lowest BCUT2D eigenvalue weighted by atomic mass is 9.93. The number of rotatable bonds is 2. The summed E-state index contributed by atoms with van der Waals surface area (Å²) < 4.78 is 0.789. The Bertz CT molecular complexity index is 493. The summed E-state index contributed by atoms with van der Waals surface area (Å²) in [4.78, 5) is 2.15. The lowest BCUT2D eigenvalue weighted by Gasteiger charge is -2.38. The molecule has 1 aliphatic heterocycles. The zero-order chi connectivity index (χ0) is 14.0. The summed E-state index contributed by atoms with van der Waals surface area (Å²) in [6.45, 7) is 3.35. The molecule has 19 heavy (non-hydrogen) atoms. The van der Waals surface area contributed by atoms with E-state index in [0.29, 0.717) is 18.4 Å². The molecule has 0 saturated carbocycles. The normalized spacial score (nSPS) is 19.5. The lowest BCUT2D eigenvalue weighted by Crippen LogP contribution is -2.43. The van der Waals surface area contributed by atoms with Crippen LogP contribution in [0.15, 0.2) is 27.8 Å². The second-order valence-electron chi connectivity index (χ2n) is 5.10. The van der Waals surface area contributed by atoms with Crippen LogP contribution in [0.25, 0.3) is 0 Å². The molecule has 0 aliphatic carbocycles. The number of hydrogen-bond donors (Lipinski definition) is 3. The first-order valence-electron chi connectivity index (χ1n) is 6.18. The Kier molecular flexibility index (Phi) is 4.01. The van der Waals surface area contributed by atoms with Gasteiger partial charge in [-0.2, -0.15) is 0 Å². The maximum absolute atomic E-state index is 9.99. The quantitative estimate of drug-likeness (QED) is 0.335. The van der Waals surface area contributed by atoms with E-state index in [1.165, 1.54) is 0 Å². The van der Waals surface area contributed by atoms with E-state index in [4.69, 9.17) is 10.9 Å². The van der Waals surface area contributed by atoms with E-state index in [0.717, 1.165) is 23.2 Å². The second-order valence-corrected chi connectivity index (χ2v) is 5.96. The van der Waals surface area contributed by atoms with Crippen LogP contribution in [0, 0.1) is 0 Å². The van der Waals surface area contributed by atoms with Crippen LogP contribution in [0.5, 0.6) is 0 Å². The van der Waals surface area contributed by atoms with Gasteiger partial charge in [-0.3, -0.25) is 0 Å². The molecule has 1 aromatic carbocycles. The van der Waals surface area contributed by atoms with Crippen LogP contribution < -0.4 is 10.6 Å². The van der Waals surface area contributed by atoms with Gasteiger partial charge in [0.2, 0.25) is 0 Å². The molecule has 0 atom stereocenters. The number of benzene rings is 1. The molecule has 6 heteroatoms. The Morgan fingerprint density at radius 2 is 2.05 bits per heavy atom. The van der Waals surface area contributed by atoms with Crippen molar-refractivity contribution in [1.82, 2.24) is 0 Å². The van der Waals surface area contributed by atoms with Crippen LogP contribution >= 0.6 is 15.9 Å². The Morgan fingerprint density at radius 1 is 1.42 bits per heavy atom. The summed E-state index contributed by atoms with van der Waals surface area (Å²) in [5.74, 6) is 0.0832. The second kappa shape index (κ2) is 5.38. The molecule has 4 N–H and O–H groups in total. The Labute approximate surface area is 120 Å². The largest absolute Gasteiger partial charge is 0.409 e. The standard InChI is InChI=1S/C13H18BrN3O2/c1-13(18)5-7-17(8-6-13)10-4-2-3-9(14)11(10)12(15)16-19/h2-4,18-19H,5-8H2,1H3,(H2,15,16). The van der Waals surface area contributed by atoms with Gasteiger partial charge in [-0.15, -0.1) is 0 Å². The Balaban J connectivity index is 2.33. The van der Waals surface area contributed by atoms with E-state index in [2.05, 4.69) is 26.0 Å². The number of amidine groups is 1. The molecule has 0 spiro atoms. The van der Waals surface area contributed by atoms with Crippen LogP contribution in [0.2, 0.25) is 0 Å². The summed E-state index contributed by atoms with van der Waals surface area (Å²) in [7, 11) is 0. The fraction of sp³-hybridized carbons (Fsp3) is 0.462. The van der Waals surface area contributed by atoms with E-state index < -0.39 is 5.60 Å². The number of nitrogens with zero attached hydrogens (tertiary/aromatic N) is 2. The monoisotopic (exact) mass is 327 g/mol. The highest BCUT2D eigenvalue weighted by atomic mass is 79.9. The first kappa shape index (κ1) is 14.1. The number of halogens is 1. The first-order valence-corrected chi connectivity index (χ1v) is 6.98. The van der Waals surface area contributed by atoms with Gasteiger partial charge in [-0.1, -0.05) is 11.2 Å². The van der Waals surface area contributed by atoms with Crippen LogP contribution in [-0.4, -0.2) is 34.8 Å². The smallest absolute Gasteiger partial charge is 0.173 e. The average Bonchev–Trinajstić information content (AvgIpc) is 2.37. The molecule has 1 aliphatic rings. The van der Waals surface area contributed by atoms with Gasteiger partial charge < -0.3 is 20.9 Å². The molecule has 1 saturated heterocycles. The lowest BCUT2D eigenvalue weighted by molar-refractivity contribution is 0.0351. The van der Waals surface area contributed by atoms with Gasteiger partial charge in [0.25, 0.3) is 0 Å². The van der Waals surface area contributed by atoms with Crippen molar-refractivity contribution < 1.29 is 10.3 Å². The van der Waals surface area contributed by atoms with Gasteiger partial charge in [-0.05, 0) is 47.8 Å². The average molecular weight is 328 g/mol. The fourth-order valence-electron chi connectivity index (χ4n) is 2.31. The molecule has 1 fully saturated rings. The third-order valence-corrected chi connectivity index (χ3v) is 4.20. The fourth-order valence-corrected chi connectivity index (χ4v) is 2.87. The zero-order valence-electron chi connectivity index (χ0n) is 10.8. The number of oxime groups is 1. The van der Waals surface area contributed by atoms with Crippen molar-refractivity contribution in [1.29, 1.82) is 0 Å². The van der Waals surface area contributed by atoms with Gasteiger partial charge in [0.15, 0.2) is 5.84 Å². The molecule has 0 aromatic heterocycles. The number of piperidine rings is 1. The minimum absolute atomic E-state index is 0.0832. The van der Waals surface area contributed by atoms with E-state index in [9.17, 15) is 5.11 Å². The number of anilines is 1. The molecule has 104 valence electrons. The molecule has 0 bridgehead atoms. The molecule has 0 amide bonds. The highest BCUT2D eigenvalue weighted by Gasteiger charge is 2.29. The molecule has 0 radical (unpaired) electrons. The van der Waals surface area contributed by atoms with Crippen molar-refractivity contribution >= 4 is 27.5 Å². The van der Waals surface area contributed by atoms with Gasteiger partial charge in [0.1, 0.15) is 0 Å². The molecule has 0 unspecified atom stereocenters. The molecule has 1 aromatic rings. The highest BCUT2D eigenvalue weighted by molar-refractivity contribution is 9.10. The van der Waals surface area contributed by atoms with Crippen molar-refractivity contribution in [2.24, 2.45) is 10.9 Å². The highest BCUT2D eigenvalue weighted by Crippen LogP contribution is 2.31. The zero-order valence-corrected chi connectivity index (χ0v) is 12.4. The maximum Gasteiger partial charge on any atom is 0.173 e. The summed E-state index contributed by atoms with van der Waals surface area (Å²) in [6, 6.07) is 5.72. The molecule has 5 nitrogen and oxygen atoms in total. The third-order valence-electron chi connectivity index (χ3n) is 3.54. The van der Waals surface area contributed by atoms with E-state index in [1.54, 1.807) is 0 Å². The van der Waals surface area contributed by atoms with E-state index >= 15 is 0 Å². The molecule has 1 heterocycles. The first-order chi connectivity index (χ1) is 8.94. The SMILES string of the molecule is CC1(O)CCN(c2cccc(Br)c2/C(N)=N/O)CC1. The minimum Gasteiger partial charge on any atom is -0.409 e.